The number of aromatic nitrogens is 2. The fraction of sp³-hybridized carbons (Fsp3) is 0.0909. The lowest BCUT2D eigenvalue weighted by atomic mass is 10.3. The van der Waals surface area contributed by atoms with Crippen LogP contribution < -0.4 is 5.73 Å². The Morgan fingerprint density at radius 3 is 3.06 bits per heavy atom. The van der Waals surface area contributed by atoms with E-state index >= 15 is 0 Å². The molecular formula is C11H9N3S2. The molecule has 0 aliphatic carbocycles. The maximum Gasteiger partial charge on any atom is 0.125 e. The predicted molar refractivity (Wildman–Crippen MR) is 68.6 cm³/mol. The van der Waals surface area contributed by atoms with Crippen molar-refractivity contribution in [2.75, 3.05) is 0 Å². The number of hydrogen-bond acceptors (Lipinski definition) is 5. The molecule has 0 amide bonds. The van der Waals surface area contributed by atoms with E-state index in [9.17, 15) is 0 Å². The molecule has 0 saturated heterocycles. The molecule has 0 aliphatic rings. The highest BCUT2D eigenvalue weighted by molar-refractivity contribution is 7.17. The smallest absolute Gasteiger partial charge is 0.125 e. The van der Waals surface area contributed by atoms with Gasteiger partial charge in [-0.25, -0.2) is 4.98 Å². The third-order valence-electron chi connectivity index (χ3n) is 2.31. The van der Waals surface area contributed by atoms with Gasteiger partial charge in [0.15, 0.2) is 0 Å². The molecule has 5 heteroatoms. The van der Waals surface area contributed by atoms with Gasteiger partial charge in [0.2, 0.25) is 0 Å². The average Bonchev–Trinajstić information content (AvgIpc) is 2.96. The number of nitrogens with two attached hydrogens (primary N) is 1. The second-order valence-electron chi connectivity index (χ2n) is 3.38. The molecule has 3 rings (SSSR count). The molecule has 0 saturated carbocycles. The van der Waals surface area contributed by atoms with E-state index < -0.39 is 0 Å². The van der Waals surface area contributed by atoms with Crippen molar-refractivity contribution in [3.63, 3.8) is 0 Å². The lowest BCUT2D eigenvalue weighted by molar-refractivity contribution is 1.01. The van der Waals surface area contributed by atoms with E-state index in [4.69, 9.17) is 5.73 Å². The van der Waals surface area contributed by atoms with Crippen molar-refractivity contribution in [1.82, 2.24) is 9.97 Å². The summed E-state index contributed by atoms with van der Waals surface area (Å²) in [6, 6.07) is 4.16. The zero-order valence-electron chi connectivity index (χ0n) is 8.38. The van der Waals surface area contributed by atoms with Gasteiger partial charge in [-0.3, -0.25) is 4.98 Å². The minimum atomic E-state index is 0.491. The van der Waals surface area contributed by atoms with Gasteiger partial charge in [0.05, 0.1) is 15.9 Å². The molecule has 3 aromatic heterocycles. The van der Waals surface area contributed by atoms with Gasteiger partial charge in [0.25, 0.3) is 0 Å². The van der Waals surface area contributed by atoms with Crippen LogP contribution in [-0.4, -0.2) is 9.97 Å². The van der Waals surface area contributed by atoms with E-state index in [0.717, 1.165) is 21.8 Å². The molecule has 0 radical (unpaired) electrons. The van der Waals surface area contributed by atoms with Crippen LogP contribution in [0.2, 0.25) is 0 Å². The summed E-state index contributed by atoms with van der Waals surface area (Å²) < 4.78 is 1.20. The van der Waals surface area contributed by atoms with Crippen LogP contribution in [0.25, 0.3) is 20.8 Å². The first-order valence-electron chi connectivity index (χ1n) is 4.85. The zero-order valence-corrected chi connectivity index (χ0v) is 10.0. The third-order valence-corrected chi connectivity index (χ3v) is 4.10. The number of thiophene rings is 1. The molecular weight excluding hydrogens is 238 g/mol. The maximum absolute atomic E-state index is 5.55. The summed E-state index contributed by atoms with van der Waals surface area (Å²) in [5.74, 6) is 0. The van der Waals surface area contributed by atoms with Crippen LogP contribution in [0.1, 0.15) is 5.69 Å². The highest BCUT2D eigenvalue weighted by atomic mass is 32.1. The van der Waals surface area contributed by atoms with Gasteiger partial charge < -0.3 is 5.73 Å². The highest BCUT2D eigenvalue weighted by Gasteiger charge is 2.05. The summed E-state index contributed by atoms with van der Waals surface area (Å²) in [5.41, 5.74) is 8.60. The molecule has 0 aromatic carbocycles. The van der Waals surface area contributed by atoms with Crippen LogP contribution in [0, 0.1) is 0 Å². The third kappa shape index (κ3) is 1.63. The maximum atomic E-state index is 5.55. The quantitative estimate of drug-likeness (QED) is 0.757. The molecule has 0 fully saturated rings. The van der Waals surface area contributed by atoms with Crippen LogP contribution in [0.15, 0.2) is 29.1 Å². The summed E-state index contributed by atoms with van der Waals surface area (Å²) in [6.45, 7) is 0.491. The Balaban J connectivity index is 2.10. The average molecular weight is 247 g/mol. The number of thiazole rings is 1. The van der Waals surface area contributed by atoms with E-state index in [1.165, 1.54) is 4.70 Å². The van der Waals surface area contributed by atoms with Crippen molar-refractivity contribution in [2.24, 2.45) is 5.73 Å². The van der Waals surface area contributed by atoms with Gasteiger partial charge in [0, 0.05) is 23.7 Å². The predicted octanol–water partition coefficient (Wildman–Crippen LogP) is 2.88. The SMILES string of the molecule is NCc1csc(-c2cnc3ccsc3c2)n1. The summed E-state index contributed by atoms with van der Waals surface area (Å²) in [7, 11) is 0. The molecule has 0 aliphatic heterocycles. The van der Waals surface area contributed by atoms with Crippen molar-refractivity contribution in [3.05, 3.63) is 34.8 Å². The Hall–Kier alpha value is -1.30. The standard InChI is InChI=1S/C11H9N3S2/c12-4-8-6-16-11(14-8)7-3-10-9(13-5-7)1-2-15-10/h1-3,5-6H,4,12H2. The fourth-order valence-electron chi connectivity index (χ4n) is 1.50. The first kappa shape index (κ1) is 9.89. The lowest BCUT2D eigenvalue weighted by Gasteiger charge is -1.95. The van der Waals surface area contributed by atoms with Crippen molar-refractivity contribution in [1.29, 1.82) is 0 Å². The van der Waals surface area contributed by atoms with Crippen molar-refractivity contribution >= 4 is 32.9 Å². The van der Waals surface area contributed by atoms with Crippen molar-refractivity contribution in [2.45, 2.75) is 6.54 Å². The Morgan fingerprint density at radius 1 is 1.31 bits per heavy atom. The largest absolute Gasteiger partial charge is 0.325 e. The van der Waals surface area contributed by atoms with E-state index in [1.807, 2.05) is 17.6 Å². The summed E-state index contributed by atoms with van der Waals surface area (Å²) >= 11 is 3.31. The normalized spacial score (nSPS) is 11.1. The van der Waals surface area contributed by atoms with Crippen LogP contribution in [-0.2, 0) is 6.54 Å². The molecule has 0 bridgehead atoms. The van der Waals surface area contributed by atoms with Crippen LogP contribution >= 0.6 is 22.7 Å². The van der Waals surface area contributed by atoms with Gasteiger partial charge in [-0.15, -0.1) is 22.7 Å². The van der Waals surface area contributed by atoms with Crippen LogP contribution in [0.3, 0.4) is 0 Å². The summed E-state index contributed by atoms with van der Waals surface area (Å²) in [4.78, 5) is 8.85. The minimum Gasteiger partial charge on any atom is -0.325 e. The zero-order chi connectivity index (χ0) is 11.0. The molecule has 3 nitrogen and oxygen atoms in total. The first-order chi connectivity index (χ1) is 7.86. The summed E-state index contributed by atoms with van der Waals surface area (Å²) in [6.07, 6.45) is 1.87. The molecule has 2 N–H and O–H groups in total. The number of hydrogen-bond donors (Lipinski definition) is 1. The molecule has 0 spiro atoms. The molecule has 0 atom stereocenters. The Labute approximate surface area is 101 Å². The molecule has 0 unspecified atom stereocenters. The molecule has 3 aromatic rings. The molecule has 80 valence electrons. The topological polar surface area (TPSA) is 51.8 Å². The lowest BCUT2D eigenvalue weighted by Crippen LogP contribution is -1.95. The number of fused-ring (bicyclic) bond motifs is 1. The van der Waals surface area contributed by atoms with E-state index in [-0.39, 0.29) is 0 Å². The Kier molecular flexibility index (Phi) is 2.43. The van der Waals surface area contributed by atoms with Gasteiger partial charge >= 0.3 is 0 Å². The Morgan fingerprint density at radius 2 is 2.25 bits per heavy atom. The van der Waals surface area contributed by atoms with Crippen molar-refractivity contribution < 1.29 is 0 Å². The van der Waals surface area contributed by atoms with Gasteiger partial charge in [-0.1, -0.05) is 0 Å². The number of pyridine rings is 1. The van der Waals surface area contributed by atoms with E-state index in [2.05, 4.69) is 21.4 Å². The van der Waals surface area contributed by atoms with E-state index in [0.29, 0.717) is 6.54 Å². The Bertz CT molecular complexity index is 627. The molecule has 16 heavy (non-hydrogen) atoms. The van der Waals surface area contributed by atoms with Gasteiger partial charge in [0.1, 0.15) is 5.01 Å². The van der Waals surface area contributed by atoms with Crippen molar-refractivity contribution in [3.8, 4) is 10.6 Å². The number of rotatable bonds is 2. The fourth-order valence-corrected chi connectivity index (χ4v) is 3.09. The summed E-state index contributed by atoms with van der Waals surface area (Å²) in [5, 5.41) is 5.03. The van der Waals surface area contributed by atoms with Gasteiger partial charge in [-0.05, 0) is 17.5 Å². The second-order valence-corrected chi connectivity index (χ2v) is 5.18. The molecule has 3 heterocycles. The monoisotopic (exact) mass is 247 g/mol. The van der Waals surface area contributed by atoms with E-state index in [1.54, 1.807) is 22.7 Å². The number of nitrogens with zero attached hydrogens (tertiary/aromatic N) is 2. The first-order valence-corrected chi connectivity index (χ1v) is 6.61. The van der Waals surface area contributed by atoms with Crippen LogP contribution in [0.5, 0.6) is 0 Å². The highest BCUT2D eigenvalue weighted by Crippen LogP contribution is 2.27. The second kappa shape index (κ2) is 3.93. The van der Waals surface area contributed by atoms with Gasteiger partial charge in [-0.2, -0.15) is 0 Å². The van der Waals surface area contributed by atoms with Crippen LogP contribution in [0.4, 0.5) is 0 Å². The minimum absolute atomic E-state index is 0.491.